The summed E-state index contributed by atoms with van der Waals surface area (Å²) in [7, 11) is 1.63. The third-order valence-electron chi connectivity index (χ3n) is 9.29. The zero-order chi connectivity index (χ0) is 28.9. The van der Waals surface area contributed by atoms with Gasteiger partial charge in [-0.2, -0.15) is 0 Å². The van der Waals surface area contributed by atoms with Crippen LogP contribution >= 0.6 is 0 Å². The maximum absolute atomic E-state index is 13.5. The van der Waals surface area contributed by atoms with Crippen LogP contribution < -0.4 is 0 Å². The molecule has 3 rings (SSSR count). The first-order chi connectivity index (χ1) is 18.4. The number of aliphatic hydroxyl groups is 2. The van der Waals surface area contributed by atoms with E-state index in [1.165, 1.54) is 4.90 Å². The first-order valence-electron chi connectivity index (χ1n) is 15.1. The molecular weight excluding hydrogens is 502 g/mol. The number of methoxy groups -OCH3 is 1. The highest BCUT2D eigenvalue weighted by atomic mass is 16.6. The van der Waals surface area contributed by atoms with Gasteiger partial charge in [-0.15, -0.1) is 0 Å². The van der Waals surface area contributed by atoms with Crippen molar-refractivity contribution >= 4 is 17.7 Å². The van der Waals surface area contributed by atoms with Crippen LogP contribution in [0.1, 0.15) is 98.8 Å². The van der Waals surface area contributed by atoms with Crippen LogP contribution in [0.3, 0.4) is 0 Å². The van der Waals surface area contributed by atoms with Crippen molar-refractivity contribution in [3.05, 3.63) is 0 Å². The van der Waals surface area contributed by atoms with E-state index in [2.05, 4.69) is 6.92 Å². The molecule has 9 heteroatoms. The van der Waals surface area contributed by atoms with E-state index in [0.29, 0.717) is 38.0 Å². The summed E-state index contributed by atoms with van der Waals surface area (Å²) in [6.45, 7) is 10.0. The predicted molar refractivity (Wildman–Crippen MR) is 146 cm³/mol. The van der Waals surface area contributed by atoms with Gasteiger partial charge in [-0.05, 0) is 82.0 Å². The Morgan fingerprint density at radius 2 is 1.79 bits per heavy atom. The van der Waals surface area contributed by atoms with Gasteiger partial charge in [0.2, 0.25) is 5.79 Å². The van der Waals surface area contributed by atoms with Crippen molar-refractivity contribution in [3.8, 4) is 0 Å². The average Bonchev–Trinajstić information content (AvgIpc) is 2.92. The predicted octanol–water partition coefficient (Wildman–Crippen LogP) is 3.62. The van der Waals surface area contributed by atoms with Gasteiger partial charge in [-0.3, -0.25) is 9.59 Å². The Morgan fingerprint density at radius 3 is 2.44 bits per heavy atom. The fraction of sp³-hybridized carbons (Fsp3) is 0.900. The number of ether oxygens (including phenoxy) is 3. The Balaban J connectivity index is 1.69. The van der Waals surface area contributed by atoms with Crippen molar-refractivity contribution in [1.82, 2.24) is 4.90 Å². The lowest BCUT2D eigenvalue weighted by molar-refractivity contribution is -0.263. The highest BCUT2D eigenvalue weighted by Gasteiger charge is 2.52. The van der Waals surface area contributed by atoms with Crippen molar-refractivity contribution in [2.24, 2.45) is 23.7 Å². The van der Waals surface area contributed by atoms with Gasteiger partial charge >= 0.3 is 5.97 Å². The number of aliphatic hydroxyl groups excluding tert-OH is 1. The van der Waals surface area contributed by atoms with Crippen LogP contribution in [0.5, 0.6) is 0 Å². The van der Waals surface area contributed by atoms with Gasteiger partial charge in [0.1, 0.15) is 12.1 Å². The smallest absolute Gasteiger partial charge is 0.329 e. The summed E-state index contributed by atoms with van der Waals surface area (Å²) in [6, 6.07) is -0.865. The third kappa shape index (κ3) is 7.40. The molecule has 0 radical (unpaired) electrons. The molecule has 9 nitrogen and oxygen atoms in total. The average molecular weight is 554 g/mol. The van der Waals surface area contributed by atoms with Gasteiger partial charge in [-0.1, -0.05) is 34.6 Å². The van der Waals surface area contributed by atoms with Crippen LogP contribution in [0, 0.1) is 23.7 Å². The van der Waals surface area contributed by atoms with E-state index in [9.17, 15) is 24.6 Å². The minimum atomic E-state index is -2.18. The van der Waals surface area contributed by atoms with Crippen molar-refractivity contribution in [2.75, 3.05) is 13.7 Å². The molecule has 0 aromatic carbocycles. The van der Waals surface area contributed by atoms with Gasteiger partial charge < -0.3 is 29.3 Å². The van der Waals surface area contributed by atoms with E-state index < -0.39 is 41.5 Å². The molecule has 0 aromatic heterocycles. The fourth-order valence-corrected chi connectivity index (χ4v) is 6.77. The van der Waals surface area contributed by atoms with Crippen LogP contribution in [-0.4, -0.2) is 82.7 Å². The first-order valence-corrected chi connectivity index (χ1v) is 15.1. The Bertz CT molecular complexity index is 849. The first kappa shape index (κ1) is 32.0. The summed E-state index contributed by atoms with van der Waals surface area (Å²) in [6.07, 6.45) is 5.75. The van der Waals surface area contributed by atoms with Crippen molar-refractivity contribution in [1.29, 1.82) is 0 Å². The highest BCUT2D eigenvalue weighted by Crippen LogP contribution is 2.36. The number of hydrogen-bond donors (Lipinski definition) is 2. The topological polar surface area (TPSA) is 123 Å². The van der Waals surface area contributed by atoms with Crippen molar-refractivity contribution in [3.63, 3.8) is 0 Å². The highest BCUT2D eigenvalue weighted by molar-refractivity contribution is 6.39. The second-order valence-electron chi connectivity index (χ2n) is 12.5. The number of ketones is 1. The second-order valence-corrected chi connectivity index (χ2v) is 12.5. The molecule has 1 saturated carbocycles. The molecule has 2 N–H and O–H groups in total. The summed E-state index contributed by atoms with van der Waals surface area (Å²) >= 11 is 0. The van der Waals surface area contributed by atoms with Gasteiger partial charge in [0.05, 0.1) is 18.3 Å². The summed E-state index contributed by atoms with van der Waals surface area (Å²) in [4.78, 5) is 41.6. The molecule has 1 aliphatic carbocycles. The standard InChI is InChI=1S/C30H51NO8/c1-7-22-13-11-20(5)30(36,39-22)27(33)28(34)31-15-9-8-10-23(31)29(35)38-26(18(2)3)19(4)16-21-12-14-24(32)25(17-21)37-6/h18-26,32,36H,7-17H2,1-6H3. The van der Waals surface area contributed by atoms with Gasteiger partial charge in [0.25, 0.3) is 11.7 Å². The Morgan fingerprint density at radius 1 is 1.08 bits per heavy atom. The molecule has 0 aromatic rings. The lowest BCUT2D eigenvalue weighted by atomic mass is 9.78. The Hall–Kier alpha value is -1.55. The van der Waals surface area contributed by atoms with Crippen LogP contribution in [0.2, 0.25) is 0 Å². The van der Waals surface area contributed by atoms with Crippen molar-refractivity contribution in [2.45, 2.75) is 135 Å². The molecule has 2 aliphatic heterocycles. The molecule has 1 amide bonds. The van der Waals surface area contributed by atoms with E-state index in [1.807, 2.05) is 20.8 Å². The zero-order valence-corrected chi connectivity index (χ0v) is 24.8. The number of amides is 1. The third-order valence-corrected chi connectivity index (χ3v) is 9.29. The van der Waals surface area contributed by atoms with E-state index >= 15 is 0 Å². The quantitative estimate of drug-likeness (QED) is 0.311. The molecule has 9 atom stereocenters. The van der Waals surface area contributed by atoms with Crippen LogP contribution in [0.25, 0.3) is 0 Å². The van der Waals surface area contributed by atoms with Gasteiger partial charge in [0.15, 0.2) is 0 Å². The van der Waals surface area contributed by atoms with E-state index in [1.54, 1.807) is 14.0 Å². The maximum atomic E-state index is 13.5. The second kappa shape index (κ2) is 13.9. The molecule has 0 spiro atoms. The number of carbonyl (C=O) groups is 3. The molecule has 39 heavy (non-hydrogen) atoms. The van der Waals surface area contributed by atoms with Crippen LogP contribution in [-0.2, 0) is 28.6 Å². The number of rotatable bonds is 10. The van der Waals surface area contributed by atoms with Crippen LogP contribution in [0.15, 0.2) is 0 Å². The minimum absolute atomic E-state index is 0.0638. The van der Waals surface area contributed by atoms with E-state index in [0.717, 1.165) is 32.1 Å². The number of likely N-dealkylation sites (tertiary alicyclic amines) is 1. The summed E-state index contributed by atoms with van der Waals surface area (Å²) < 4.78 is 17.3. The SMILES string of the molecule is CCC1CCC(C)C(O)(C(=O)C(=O)N2CCCCC2C(=O)OC(C(C)C)C(C)CC2CCC(O)C(OC)C2)O1. The number of carbonyl (C=O) groups excluding carboxylic acids is 3. The lowest BCUT2D eigenvalue weighted by Gasteiger charge is -2.42. The zero-order valence-electron chi connectivity index (χ0n) is 24.8. The molecule has 0 bridgehead atoms. The monoisotopic (exact) mass is 553 g/mol. The molecule has 2 saturated heterocycles. The lowest BCUT2D eigenvalue weighted by Crippen LogP contribution is -2.60. The number of nitrogens with zero attached hydrogens (tertiary/aromatic N) is 1. The number of Topliss-reactive ketones (excluding diaryl/α,β-unsaturated/α-hetero) is 1. The van der Waals surface area contributed by atoms with E-state index in [-0.39, 0.29) is 36.7 Å². The summed E-state index contributed by atoms with van der Waals surface area (Å²) in [5, 5.41) is 21.3. The molecular formula is C30H51NO8. The molecule has 3 fully saturated rings. The number of piperidine rings is 1. The van der Waals surface area contributed by atoms with Gasteiger partial charge in [0, 0.05) is 19.6 Å². The van der Waals surface area contributed by atoms with E-state index in [4.69, 9.17) is 14.2 Å². The fourth-order valence-electron chi connectivity index (χ4n) is 6.77. The Labute approximate surface area is 233 Å². The number of esters is 1. The van der Waals surface area contributed by atoms with Gasteiger partial charge in [-0.25, -0.2) is 4.79 Å². The summed E-state index contributed by atoms with van der Waals surface area (Å²) in [5.41, 5.74) is 0. The van der Waals surface area contributed by atoms with Crippen LogP contribution in [0.4, 0.5) is 0 Å². The van der Waals surface area contributed by atoms with Crippen molar-refractivity contribution < 1.29 is 38.8 Å². The molecule has 2 heterocycles. The number of hydrogen-bond acceptors (Lipinski definition) is 8. The molecule has 224 valence electrons. The summed E-state index contributed by atoms with van der Waals surface area (Å²) in [5.74, 6) is -4.55. The normalized spacial score (nSPS) is 35.4. The molecule has 3 aliphatic rings. The molecule has 9 unspecified atom stereocenters. The minimum Gasteiger partial charge on any atom is -0.460 e. The largest absolute Gasteiger partial charge is 0.460 e. The Kier molecular flexibility index (Phi) is 11.4. The maximum Gasteiger partial charge on any atom is 0.329 e.